The Kier molecular flexibility index (Phi) is 2.88. The fraction of sp³-hybridized carbons (Fsp3) is 0.385. The molecule has 1 heterocycles. The van der Waals surface area contributed by atoms with Crippen LogP contribution in [0, 0.1) is 5.41 Å². The van der Waals surface area contributed by atoms with E-state index in [9.17, 15) is 0 Å². The Morgan fingerprint density at radius 1 is 1.31 bits per heavy atom. The molecule has 2 rings (SSSR count). The monoisotopic (exact) mass is 219 g/mol. The van der Waals surface area contributed by atoms with Crippen molar-refractivity contribution in [1.29, 1.82) is 0 Å². The quantitative estimate of drug-likeness (QED) is 0.830. The first kappa shape index (κ1) is 11.0. The number of nitrogens with one attached hydrogen (secondary N) is 1. The van der Waals surface area contributed by atoms with Crippen molar-refractivity contribution < 1.29 is 9.84 Å². The van der Waals surface area contributed by atoms with Crippen LogP contribution in [0.4, 0.5) is 0 Å². The van der Waals surface area contributed by atoms with Crippen LogP contribution >= 0.6 is 0 Å². The first-order valence-corrected chi connectivity index (χ1v) is 5.42. The minimum Gasteiger partial charge on any atom is -0.491 e. The second-order valence-corrected chi connectivity index (χ2v) is 4.81. The van der Waals surface area contributed by atoms with Gasteiger partial charge in [0.05, 0.1) is 18.7 Å². The molecule has 0 unspecified atom stereocenters. The van der Waals surface area contributed by atoms with Crippen LogP contribution in [0.5, 0.6) is 5.75 Å². The molecule has 1 aromatic heterocycles. The molecule has 0 bridgehead atoms. The highest BCUT2D eigenvalue weighted by Gasteiger charge is 2.18. The molecule has 86 valence electrons. The Morgan fingerprint density at radius 2 is 2.12 bits per heavy atom. The molecular formula is C13H17NO2. The zero-order valence-electron chi connectivity index (χ0n) is 9.66. The molecule has 0 saturated heterocycles. The molecule has 2 N–H and O–H groups in total. The van der Waals surface area contributed by atoms with E-state index in [1.807, 2.05) is 44.3 Å². The molecule has 0 saturated carbocycles. The van der Waals surface area contributed by atoms with Gasteiger partial charge < -0.3 is 14.8 Å². The Hall–Kier alpha value is -1.48. The highest BCUT2D eigenvalue weighted by atomic mass is 16.5. The number of aliphatic hydroxyl groups is 1. The Morgan fingerprint density at radius 3 is 2.88 bits per heavy atom. The summed E-state index contributed by atoms with van der Waals surface area (Å²) in [4.78, 5) is 3.15. The molecule has 0 spiro atoms. The van der Waals surface area contributed by atoms with Gasteiger partial charge in [-0.25, -0.2) is 0 Å². The van der Waals surface area contributed by atoms with Crippen molar-refractivity contribution in [3.05, 3.63) is 30.5 Å². The third-order valence-electron chi connectivity index (χ3n) is 2.60. The predicted octanol–water partition coefficient (Wildman–Crippen LogP) is 2.57. The number of ether oxygens (including phenoxy) is 1. The summed E-state index contributed by atoms with van der Waals surface area (Å²) < 4.78 is 5.74. The van der Waals surface area contributed by atoms with Crippen molar-refractivity contribution in [3.8, 4) is 5.75 Å². The molecule has 2 aromatic rings. The molecule has 0 amide bonds. The van der Waals surface area contributed by atoms with E-state index >= 15 is 0 Å². The highest BCUT2D eigenvalue weighted by molar-refractivity contribution is 5.85. The number of para-hydroxylation sites is 1. The van der Waals surface area contributed by atoms with Crippen LogP contribution in [0.2, 0.25) is 0 Å². The van der Waals surface area contributed by atoms with Crippen LogP contribution in [0.3, 0.4) is 0 Å². The molecule has 3 heteroatoms. The predicted molar refractivity (Wildman–Crippen MR) is 64.7 cm³/mol. The van der Waals surface area contributed by atoms with E-state index in [1.165, 1.54) is 0 Å². The molecule has 0 radical (unpaired) electrons. The van der Waals surface area contributed by atoms with E-state index in [0.717, 1.165) is 16.7 Å². The van der Waals surface area contributed by atoms with Gasteiger partial charge in [-0.2, -0.15) is 0 Å². The largest absolute Gasteiger partial charge is 0.491 e. The average molecular weight is 219 g/mol. The fourth-order valence-electron chi connectivity index (χ4n) is 1.50. The summed E-state index contributed by atoms with van der Waals surface area (Å²) in [5.41, 5.74) is 0.797. The van der Waals surface area contributed by atoms with Crippen LogP contribution in [-0.2, 0) is 0 Å². The molecule has 0 aliphatic carbocycles. The zero-order chi connectivity index (χ0) is 11.6. The third-order valence-corrected chi connectivity index (χ3v) is 2.60. The molecule has 16 heavy (non-hydrogen) atoms. The van der Waals surface area contributed by atoms with Gasteiger partial charge in [0, 0.05) is 17.0 Å². The minimum absolute atomic E-state index is 0.119. The van der Waals surface area contributed by atoms with E-state index < -0.39 is 0 Å². The first-order valence-electron chi connectivity index (χ1n) is 5.42. The van der Waals surface area contributed by atoms with Crippen molar-refractivity contribution in [1.82, 2.24) is 4.98 Å². The van der Waals surface area contributed by atoms with E-state index in [4.69, 9.17) is 9.84 Å². The molecule has 3 nitrogen and oxygen atoms in total. The lowest BCUT2D eigenvalue weighted by atomic mass is 9.96. The molecule has 0 aliphatic rings. The lowest BCUT2D eigenvalue weighted by Crippen LogP contribution is -2.25. The van der Waals surface area contributed by atoms with Gasteiger partial charge in [0.2, 0.25) is 0 Å². The second kappa shape index (κ2) is 4.18. The van der Waals surface area contributed by atoms with Gasteiger partial charge in [0.25, 0.3) is 0 Å². The number of hydrogen-bond donors (Lipinski definition) is 2. The molecule has 1 aromatic carbocycles. The van der Waals surface area contributed by atoms with E-state index in [2.05, 4.69) is 4.98 Å². The lowest BCUT2D eigenvalue weighted by molar-refractivity contribution is 0.0982. The number of aliphatic hydroxyl groups excluding tert-OH is 1. The smallest absolute Gasteiger partial charge is 0.143 e. The van der Waals surface area contributed by atoms with Crippen LogP contribution in [-0.4, -0.2) is 23.3 Å². The normalized spacial score (nSPS) is 11.9. The third kappa shape index (κ3) is 2.19. The molecule has 0 atom stereocenters. The summed E-state index contributed by atoms with van der Waals surface area (Å²) in [5, 5.41) is 10.3. The average Bonchev–Trinajstić information content (AvgIpc) is 2.75. The van der Waals surface area contributed by atoms with Crippen molar-refractivity contribution in [2.75, 3.05) is 13.2 Å². The summed E-state index contributed by atoms with van der Waals surface area (Å²) in [6.07, 6.45) is 1.90. The van der Waals surface area contributed by atoms with E-state index in [1.54, 1.807) is 0 Å². The van der Waals surface area contributed by atoms with Crippen molar-refractivity contribution in [3.63, 3.8) is 0 Å². The van der Waals surface area contributed by atoms with E-state index in [-0.39, 0.29) is 12.0 Å². The number of H-pyrrole nitrogens is 1. The van der Waals surface area contributed by atoms with Crippen molar-refractivity contribution in [2.24, 2.45) is 5.41 Å². The van der Waals surface area contributed by atoms with Gasteiger partial charge in [0.1, 0.15) is 5.75 Å². The Balaban J connectivity index is 2.18. The van der Waals surface area contributed by atoms with Gasteiger partial charge in [-0.05, 0) is 12.1 Å². The van der Waals surface area contributed by atoms with Gasteiger partial charge in [-0.15, -0.1) is 0 Å². The summed E-state index contributed by atoms with van der Waals surface area (Å²) in [6.45, 7) is 4.57. The lowest BCUT2D eigenvalue weighted by Gasteiger charge is -2.21. The summed E-state index contributed by atoms with van der Waals surface area (Å²) >= 11 is 0. The topological polar surface area (TPSA) is 45.2 Å². The second-order valence-electron chi connectivity index (χ2n) is 4.81. The SMILES string of the molecule is CC(C)(CO)COc1cccc2cc[nH]c12. The van der Waals surface area contributed by atoms with Gasteiger partial charge >= 0.3 is 0 Å². The maximum atomic E-state index is 9.16. The number of fused-ring (bicyclic) bond motifs is 1. The summed E-state index contributed by atoms with van der Waals surface area (Å²) in [7, 11) is 0. The molecular weight excluding hydrogens is 202 g/mol. The van der Waals surface area contributed by atoms with Crippen LogP contribution in [0.25, 0.3) is 10.9 Å². The number of benzene rings is 1. The van der Waals surface area contributed by atoms with Crippen LogP contribution < -0.4 is 4.74 Å². The van der Waals surface area contributed by atoms with Crippen molar-refractivity contribution in [2.45, 2.75) is 13.8 Å². The van der Waals surface area contributed by atoms with Crippen LogP contribution in [0.15, 0.2) is 30.5 Å². The highest BCUT2D eigenvalue weighted by Crippen LogP contribution is 2.25. The van der Waals surface area contributed by atoms with Gasteiger partial charge in [-0.1, -0.05) is 26.0 Å². The first-order chi connectivity index (χ1) is 7.62. The van der Waals surface area contributed by atoms with Gasteiger partial charge in [-0.3, -0.25) is 0 Å². The number of hydrogen-bond acceptors (Lipinski definition) is 2. The Labute approximate surface area is 95.1 Å². The minimum atomic E-state index is -0.214. The number of rotatable bonds is 4. The number of aromatic nitrogens is 1. The number of aromatic amines is 1. The fourth-order valence-corrected chi connectivity index (χ4v) is 1.50. The zero-order valence-corrected chi connectivity index (χ0v) is 9.66. The summed E-state index contributed by atoms with van der Waals surface area (Å²) in [5.74, 6) is 0.837. The van der Waals surface area contributed by atoms with Crippen molar-refractivity contribution >= 4 is 10.9 Å². The maximum absolute atomic E-state index is 9.16. The summed E-state index contributed by atoms with van der Waals surface area (Å²) in [6, 6.07) is 7.96. The van der Waals surface area contributed by atoms with Crippen LogP contribution in [0.1, 0.15) is 13.8 Å². The Bertz CT molecular complexity index is 473. The molecule has 0 fully saturated rings. The maximum Gasteiger partial charge on any atom is 0.143 e. The standard InChI is InChI=1S/C13H17NO2/c1-13(2,8-15)9-16-11-5-3-4-10-6-7-14-12(10)11/h3-7,14-15H,8-9H2,1-2H3. The molecule has 0 aliphatic heterocycles. The van der Waals surface area contributed by atoms with E-state index in [0.29, 0.717) is 6.61 Å². The van der Waals surface area contributed by atoms with Gasteiger partial charge in [0.15, 0.2) is 0 Å².